The molecule has 0 unspecified atom stereocenters. The third-order valence-electron chi connectivity index (χ3n) is 1.48. The highest BCUT2D eigenvalue weighted by Crippen LogP contribution is 2.15. The molecule has 2 aromatic heterocycles. The molecule has 0 radical (unpaired) electrons. The second-order valence-corrected chi connectivity index (χ2v) is 2.98. The lowest BCUT2D eigenvalue weighted by Gasteiger charge is -1.97. The van der Waals surface area contributed by atoms with Crippen LogP contribution in [0.4, 0.5) is 5.95 Å². The molecule has 2 aromatic rings. The van der Waals surface area contributed by atoms with Crippen molar-refractivity contribution in [1.29, 1.82) is 0 Å². The molecule has 0 saturated heterocycles. The van der Waals surface area contributed by atoms with Crippen LogP contribution in [0, 0.1) is 4.91 Å². The van der Waals surface area contributed by atoms with E-state index < -0.39 is 0 Å². The third kappa shape index (κ3) is 1.26. The second kappa shape index (κ2) is 3.09. The molecule has 2 heterocycles. The van der Waals surface area contributed by atoms with Crippen LogP contribution >= 0.6 is 11.8 Å². The summed E-state index contributed by atoms with van der Waals surface area (Å²) in [5.41, 5.74) is 0.578. The monoisotopic (exact) mass is 195 g/mol. The Kier molecular flexibility index (Phi) is 1.93. The van der Waals surface area contributed by atoms with E-state index in [0.29, 0.717) is 10.8 Å². The first-order valence-corrected chi connectivity index (χ1v) is 4.67. The molecule has 0 spiro atoms. The Morgan fingerprint density at radius 3 is 3.08 bits per heavy atom. The summed E-state index contributed by atoms with van der Waals surface area (Å²) >= 11 is 1.35. The van der Waals surface area contributed by atoms with Gasteiger partial charge in [0.15, 0.2) is 10.8 Å². The largest absolute Gasteiger partial charge is 0.296 e. The highest BCUT2D eigenvalue weighted by Gasteiger charge is 2.06. The van der Waals surface area contributed by atoms with Crippen LogP contribution in [0.15, 0.2) is 22.6 Å². The minimum Gasteiger partial charge on any atom is -0.203 e. The lowest BCUT2D eigenvalue weighted by atomic mass is 10.7. The number of nitrogens with zero attached hydrogens (tertiary/aromatic N) is 5. The maximum atomic E-state index is 10.4. The Morgan fingerprint density at radius 1 is 1.54 bits per heavy atom. The van der Waals surface area contributed by atoms with E-state index in [1.807, 2.05) is 6.26 Å². The van der Waals surface area contributed by atoms with Crippen LogP contribution in [0.25, 0.3) is 5.65 Å². The molecule has 0 amide bonds. The highest BCUT2D eigenvalue weighted by molar-refractivity contribution is 7.98. The van der Waals surface area contributed by atoms with Gasteiger partial charge in [-0.3, -0.25) is 0 Å². The maximum Gasteiger partial charge on any atom is 0.296 e. The fourth-order valence-electron chi connectivity index (χ4n) is 0.941. The van der Waals surface area contributed by atoms with Crippen LogP contribution in [0.5, 0.6) is 0 Å². The van der Waals surface area contributed by atoms with Crippen molar-refractivity contribution in [3.05, 3.63) is 17.2 Å². The lowest BCUT2D eigenvalue weighted by Crippen LogP contribution is -1.96. The van der Waals surface area contributed by atoms with Crippen molar-refractivity contribution in [2.75, 3.05) is 6.26 Å². The van der Waals surface area contributed by atoms with E-state index in [0.717, 1.165) is 0 Å². The molecule has 0 fully saturated rings. The molecule has 6 nitrogen and oxygen atoms in total. The predicted molar refractivity (Wildman–Crippen MR) is 48.0 cm³/mol. The second-order valence-electron chi connectivity index (χ2n) is 2.20. The molecule has 0 saturated carbocycles. The normalized spacial score (nSPS) is 10.5. The SMILES string of the molecule is CSc1nc(N=O)n2nccc2n1. The van der Waals surface area contributed by atoms with Gasteiger partial charge in [0.25, 0.3) is 5.95 Å². The average molecular weight is 195 g/mol. The molecule has 0 atom stereocenters. The van der Waals surface area contributed by atoms with Gasteiger partial charge in [0.2, 0.25) is 0 Å². The van der Waals surface area contributed by atoms with Crippen molar-refractivity contribution in [2.24, 2.45) is 5.18 Å². The molecular weight excluding hydrogens is 190 g/mol. The summed E-state index contributed by atoms with van der Waals surface area (Å²) < 4.78 is 1.30. The molecule has 0 N–H and O–H groups in total. The van der Waals surface area contributed by atoms with Gasteiger partial charge < -0.3 is 0 Å². The quantitative estimate of drug-likeness (QED) is 0.532. The van der Waals surface area contributed by atoms with Crippen LogP contribution in [-0.2, 0) is 0 Å². The summed E-state index contributed by atoms with van der Waals surface area (Å²) in [4.78, 5) is 18.4. The fraction of sp³-hybridized carbons (Fsp3) is 0.167. The topological polar surface area (TPSA) is 72.5 Å². The smallest absolute Gasteiger partial charge is 0.203 e. The number of rotatable bonds is 2. The van der Waals surface area contributed by atoms with Crippen molar-refractivity contribution < 1.29 is 0 Å². The molecule has 0 aromatic carbocycles. The summed E-state index contributed by atoms with van der Waals surface area (Å²) in [6.45, 7) is 0. The first-order chi connectivity index (χ1) is 6.35. The Hall–Kier alpha value is -1.50. The van der Waals surface area contributed by atoms with E-state index in [1.54, 1.807) is 12.3 Å². The van der Waals surface area contributed by atoms with Crippen molar-refractivity contribution in [3.63, 3.8) is 0 Å². The van der Waals surface area contributed by atoms with Crippen molar-refractivity contribution in [2.45, 2.75) is 5.16 Å². The van der Waals surface area contributed by atoms with E-state index in [9.17, 15) is 4.91 Å². The van der Waals surface area contributed by atoms with Crippen LogP contribution in [0.2, 0.25) is 0 Å². The third-order valence-corrected chi connectivity index (χ3v) is 2.03. The Balaban J connectivity index is 2.77. The zero-order valence-corrected chi connectivity index (χ0v) is 7.52. The molecule has 13 heavy (non-hydrogen) atoms. The van der Waals surface area contributed by atoms with Gasteiger partial charge in [0.1, 0.15) is 0 Å². The predicted octanol–water partition coefficient (Wildman–Crippen LogP) is 1.24. The van der Waals surface area contributed by atoms with Crippen molar-refractivity contribution in [3.8, 4) is 0 Å². The lowest BCUT2D eigenvalue weighted by molar-refractivity contribution is 0.834. The van der Waals surface area contributed by atoms with Gasteiger partial charge in [-0.15, -0.1) is 4.91 Å². The standard InChI is InChI=1S/C6H5N5OS/c1-13-6-8-4-2-3-7-11(4)5(9-6)10-12/h2-3H,1H3. The Morgan fingerprint density at radius 2 is 2.38 bits per heavy atom. The van der Waals surface area contributed by atoms with Gasteiger partial charge in [-0.1, -0.05) is 11.8 Å². The summed E-state index contributed by atoms with van der Waals surface area (Å²) in [5.74, 6) is 0.0272. The summed E-state index contributed by atoms with van der Waals surface area (Å²) in [6, 6.07) is 1.69. The molecular formula is C6H5N5OS. The maximum absolute atomic E-state index is 10.4. The number of hydrogen-bond acceptors (Lipinski definition) is 6. The van der Waals surface area contributed by atoms with E-state index in [1.165, 1.54) is 16.3 Å². The molecule has 0 aliphatic heterocycles. The van der Waals surface area contributed by atoms with Crippen molar-refractivity contribution in [1.82, 2.24) is 19.6 Å². The van der Waals surface area contributed by atoms with Gasteiger partial charge in [-0.2, -0.15) is 14.6 Å². The van der Waals surface area contributed by atoms with Gasteiger partial charge in [-0.05, 0) is 6.26 Å². The molecule has 66 valence electrons. The number of thioether (sulfide) groups is 1. The molecule has 0 bridgehead atoms. The van der Waals surface area contributed by atoms with Gasteiger partial charge >= 0.3 is 0 Å². The zero-order valence-electron chi connectivity index (χ0n) is 6.71. The number of nitroso groups, excluding NO2 is 1. The molecule has 0 aliphatic carbocycles. The van der Waals surface area contributed by atoms with Crippen LogP contribution < -0.4 is 0 Å². The minimum absolute atomic E-state index is 0.0272. The van der Waals surface area contributed by atoms with E-state index in [2.05, 4.69) is 20.2 Å². The molecule has 0 aliphatic rings. The van der Waals surface area contributed by atoms with Crippen molar-refractivity contribution >= 4 is 23.4 Å². The van der Waals surface area contributed by atoms with E-state index in [4.69, 9.17) is 0 Å². The van der Waals surface area contributed by atoms with Crippen LogP contribution in [-0.4, -0.2) is 25.8 Å². The van der Waals surface area contributed by atoms with Gasteiger partial charge in [0.05, 0.1) is 6.20 Å². The number of fused-ring (bicyclic) bond motifs is 1. The number of aromatic nitrogens is 4. The highest BCUT2D eigenvalue weighted by atomic mass is 32.2. The van der Waals surface area contributed by atoms with Crippen LogP contribution in [0.1, 0.15) is 0 Å². The summed E-state index contributed by atoms with van der Waals surface area (Å²) in [6.07, 6.45) is 3.37. The summed E-state index contributed by atoms with van der Waals surface area (Å²) in [7, 11) is 0. The minimum atomic E-state index is 0.0272. The first-order valence-electron chi connectivity index (χ1n) is 3.44. The average Bonchev–Trinajstić information content (AvgIpc) is 2.63. The number of hydrogen-bond donors (Lipinski definition) is 0. The summed E-state index contributed by atoms with van der Waals surface area (Å²) in [5, 5.41) is 7.14. The fourth-order valence-corrected chi connectivity index (χ4v) is 1.30. The molecule has 7 heteroatoms. The van der Waals surface area contributed by atoms with Gasteiger partial charge in [0, 0.05) is 11.2 Å². The van der Waals surface area contributed by atoms with E-state index in [-0.39, 0.29) is 5.95 Å². The Bertz CT molecular complexity index is 453. The molecule has 2 rings (SSSR count). The van der Waals surface area contributed by atoms with Crippen LogP contribution in [0.3, 0.4) is 0 Å². The zero-order chi connectivity index (χ0) is 9.26. The van der Waals surface area contributed by atoms with E-state index >= 15 is 0 Å². The van der Waals surface area contributed by atoms with Gasteiger partial charge in [-0.25, -0.2) is 4.98 Å². The Labute approximate surface area is 77.4 Å². The first kappa shape index (κ1) is 8.11.